The number of rotatable bonds is 7. The van der Waals surface area contributed by atoms with E-state index in [1.54, 1.807) is 19.4 Å². The van der Waals surface area contributed by atoms with Crippen LogP contribution in [0.3, 0.4) is 0 Å². The number of aromatic nitrogens is 2. The van der Waals surface area contributed by atoms with Gasteiger partial charge in [-0.1, -0.05) is 30.3 Å². The van der Waals surface area contributed by atoms with Gasteiger partial charge in [0, 0.05) is 16.0 Å². The van der Waals surface area contributed by atoms with Crippen LogP contribution in [0.2, 0.25) is 0 Å². The van der Waals surface area contributed by atoms with Gasteiger partial charge in [0.2, 0.25) is 0 Å². The Labute approximate surface area is 172 Å². The maximum absolute atomic E-state index is 13.9. The molecule has 4 aromatic rings. The Kier molecular flexibility index (Phi) is 5.56. The molecule has 148 valence electrons. The number of thioether (sulfide) groups is 1. The van der Waals surface area contributed by atoms with Gasteiger partial charge >= 0.3 is 0 Å². The zero-order valence-electron chi connectivity index (χ0n) is 16.0. The number of aliphatic hydroxyl groups is 1. The van der Waals surface area contributed by atoms with Crippen LogP contribution >= 0.6 is 11.8 Å². The van der Waals surface area contributed by atoms with E-state index >= 15 is 0 Å². The molecular weight excluding hydrogens is 387 g/mol. The lowest BCUT2D eigenvalue weighted by Crippen LogP contribution is -2.31. The van der Waals surface area contributed by atoms with Gasteiger partial charge in [-0.3, -0.25) is 0 Å². The van der Waals surface area contributed by atoms with E-state index in [4.69, 9.17) is 4.74 Å². The largest absolute Gasteiger partial charge is 0.497 e. The highest BCUT2D eigenvalue weighted by Crippen LogP contribution is 2.33. The first-order valence-corrected chi connectivity index (χ1v) is 10.2. The number of alkyl halides is 1. The van der Waals surface area contributed by atoms with Crippen LogP contribution in [-0.2, 0) is 5.60 Å². The molecule has 0 fully saturated rings. The number of methoxy groups -OCH3 is 1. The third-order valence-electron chi connectivity index (χ3n) is 4.85. The molecule has 0 bridgehead atoms. The van der Waals surface area contributed by atoms with Crippen molar-refractivity contribution in [3.63, 3.8) is 0 Å². The highest BCUT2D eigenvalue weighted by molar-refractivity contribution is 7.99. The topological polar surface area (TPSA) is 47.3 Å². The van der Waals surface area contributed by atoms with Crippen LogP contribution in [0.15, 0.2) is 83.9 Å². The fraction of sp³-hybridized carbons (Fsp3) is 0.174. The molecule has 0 saturated heterocycles. The first kappa shape index (κ1) is 19.5. The molecular formula is C23H21FN2O2S. The van der Waals surface area contributed by atoms with Crippen LogP contribution in [0.25, 0.3) is 16.6 Å². The summed E-state index contributed by atoms with van der Waals surface area (Å²) in [5.41, 5.74) is 0.804. The van der Waals surface area contributed by atoms with Crippen LogP contribution in [-0.4, -0.2) is 34.4 Å². The van der Waals surface area contributed by atoms with Gasteiger partial charge in [-0.25, -0.2) is 9.07 Å². The maximum Gasteiger partial charge on any atom is 0.127 e. The number of fused-ring (bicyclic) bond motifs is 1. The summed E-state index contributed by atoms with van der Waals surface area (Å²) in [6.07, 6.45) is 1.74. The van der Waals surface area contributed by atoms with Crippen molar-refractivity contribution < 1.29 is 14.2 Å². The molecule has 6 heteroatoms. The summed E-state index contributed by atoms with van der Waals surface area (Å²) in [4.78, 5) is 0.911. The number of hydrogen-bond acceptors (Lipinski definition) is 4. The van der Waals surface area contributed by atoms with E-state index in [9.17, 15) is 9.50 Å². The summed E-state index contributed by atoms with van der Waals surface area (Å²) in [7, 11) is 1.60. The van der Waals surface area contributed by atoms with Crippen molar-refractivity contribution in [1.29, 1.82) is 0 Å². The second-order valence-corrected chi connectivity index (χ2v) is 7.85. The molecule has 1 heterocycles. The second-order valence-electron chi connectivity index (χ2n) is 6.80. The monoisotopic (exact) mass is 408 g/mol. The lowest BCUT2D eigenvalue weighted by molar-refractivity contribution is 0.0350. The Morgan fingerprint density at radius 3 is 2.66 bits per heavy atom. The molecule has 3 aromatic carbocycles. The summed E-state index contributed by atoms with van der Waals surface area (Å²) in [6.45, 7) is -0.873. The van der Waals surface area contributed by atoms with E-state index in [1.807, 2.05) is 71.4 Å². The summed E-state index contributed by atoms with van der Waals surface area (Å²) in [5.74, 6) is 0.920. The summed E-state index contributed by atoms with van der Waals surface area (Å²) < 4.78 is 21.0. The van der Waals surface area contributed by atoms with E-state index in [1.165, 1.54) is 11.8 Å². The molecule has 4 rings (SSSR count). The van der Waals surface area contributed by atoms with E-state index < -0.39 is 12.3 Å². The number of para-hydroxylation sites is 1. The van der Waals surface area contributed by atoms with Crippen LogP contribution in [0.1, 0.15) is 5.56 Å². The van der Waals surface area contributed by atoms with E-state index in [2.05, 4.69) is 5.10 Å². The SMILES string of the molecule is COc1cccc(SCC(O)(CF)c2ccc3c(cnn3-c3ccccc3)c2)c1. The van der Waals surface area contributed by atoms with Crippen molar-refractivity contribution in [2.24, 2.45) is 0 Å². The Hall–Kier alpha value is -2.83. The normalized spacial score (nSPS) is 13.3. The molecule has 0 aliphatic rings. The standard InChI is InChI=1S/C23H21FN2O2S/c1-28-20-8-5-9-21(13-20)29-16-23(27,15-24)18-10-11-22-17(12-18)14-25-26(22)19-6-3-2-4-7-19/h2-14,27H,15-16H2,1H3. The second kappa shape index (κ2) is 8.27. The molecule has 1 N–H and O–H groups in total. The lowest BCUT2D eigenvalue weighted by atomic mass is 9.96. The van der Waals surface area contributed by atoms with Gasteiger partial charge in [0.15, 0.2) is 0 Å². The minimum absolute atomic E-state index is 0.189. The van der Waals surface area contributed by atoms with Crippen LogP contribution in [0.5, 0.6) is 5.75 Å². The van der Waals surface area contributed by atoms with Gasteiger partial charge in [0.05, 0.1) is 24.5 Å². The molecule has 0 aliphatic heterocycles. The number of hydrogen-bond donors (Lipinski definition) is 1. The first-order valence-electron chi connectivity index (χ1n) is 9.22. The minimum Gasteiger partial charge on any atom is -0.497 e. The Bertz CT molecular complexity index is 1120. The molecule has 0 spiro atoms. The molecule has 4 nitrogen and oxygen atoms in total. The van der Waals surface area contributed by atoms with Gasteiger partial charge in [-0.15, -0.1) is 11.8 Å². The number of ether oxygens (including phenoxy) is 1. The van der Waals surface area contributed by atoms with E-state index in [0.717, 1.165) is 27.2 Å². The summed E-state index contributed by atoms with van der Waals surface area (Å²) >= 11 is 1.39. The minimum atomic E-state index is -1.59. The van der Waals surface area contributed by atoms with Gasteiger partial charge in [-0.2, -0.15) is 5.10 Å². The zero-order valence-corrected chi connectivity index (χ0v) is 16.8. The van der Waals surface area contributed by atoms with Crippen molar-refractivity contribution in [2.45, 2.75) is 10.5 Å². The number of benzene rings is 3. The fourth-order valence-electron chi connectivity index (χ4n) is 3.19. The van der Waals surface area contributed by atoms with Crippen molar-refractivity contribution in [3.8, 4) is 11.4 Å². The molecule has 0 saturated carbocycles. The first-order chi connectivity index (χ1) is 14.1. The van der Waals surface area contributed by atoms with Gasteiger partial charge < -0.3 is 9.84 Å². The maximum atomic E-state index is 13.9. The summed E-state index contributed by atoms with van der Waals surface area (Å²) in [5, 5.41) is 16.3. The molecule has 0 amide bonds. The highest BCUT2D eigenvalue weighted by atomic mass is 32.2. The highest BCUT2D eigenvalue weighted by Gasteiger charge is 2.30. The number of halogens is 1. The van der Waals surface area contributed by atoms with Crippen LogP contribution in [0, 0.1) is 0 Å². The quantitative estimate of drug-likeness (QED) is 0.438. The van der Waals surface area contributed by atoms with Crippen LogP contribution < -0.4 is 4.74 Å². The average Bonchev–Trinajstić information content (AvgIpc) is 3.21. The van der Waals surface area contributed by atoms with Crippen molar-refractivity contribution in [2.75, 3.05) is 19.5 Å². The molecule has 1 unspecified atom stereocenters. The number of nitrogens with zero attached hydrogens (tertiary/aromatic N) is 2. The Morgan fingerprint density at radius 1 is 1.07 bits per heavy atom. The van der Waals surface area contributed by atoms with Gasteiger partial charge in [0.25, 0.3) is 0 Å². The van der Waals surface area contributed by atoms with Crippen LogP contribution in [0.4, 0.5) is 4.39 Å². The van der Waals surface area contributed by atoms with Gasteiger partial charge in [-0.05, 0) is 48.0 Å². The Balaban J connectivity index is 1.61. The van der Waals surface area contributed by atoms with E-state index in [0.29, 0.717) is 5.56 Å². The van der Waals surface area contributed by atoms with Crippen molar-refractivity contribution in [1.82, 2.24) is 9.78 Å². The Morgan fingerprint density at radius 2 is 1.90 bits per heavy atom. The third-order valence-corrected chi connectivity index (χ3v) is 6.06. The zero-order chi connectivity index (χ0) is 20.3. The average molecular weight is 408 g/mol. The van der Waals surface area contributed by atoms with Gasteiger partial charge in [0.1, 0.15) is 18.0 Å². The van der Waals surface area contributed by atoms with E-state index in [-0.39, 0.29) is 5.75 Å². The smallest absolute Gasteiger partial charge is 0.127 e. The predicted octanol–water partition coefficient (Wildman–Crippen LogP) is 4.98. The third kappa shape index (κ3) is 3.99. The van der Waals surface area contributed by atoms with Crippen molar-refractivity contribution in [3.05, 3.63) is 84.6 Å². The molecule has 1 aromatic heterocycles. The predicted molar refractivity (Wildman–Crippen MR) is 115 cm³/mol. The molecule has 29 heavy (non-hydrogen) atoms. The fourth-order valence-corrected chi connectivity index (χ4v) is 4.21. The lowest BCUT2D eigenvalue weighted by Gasteiger charge is -2.25. The summed E-state index contributed by atoms with van der Waals surface area (Å²) in [6, 6.07) is 22.8. The molecule has 0 radical (unpaired) electrons. The van der Waals surface area contributed by atoms with Crippen molar-refractivity contribution >= 4 is 22.7 Å². The molecule has 0 aliphatic carbocycles. The molecule has 1 atom stereocenters.